The molecule has 0 fully saturated rings. The average Bonchev–Trinajstić information content (AvgIpc) is 2.34. The van der Waals surface area contributed by atoms with Crippen LogP contribution >= 0.6 is 11.3 Å². The van der Waals surface area contributed by atoms with Crippen LogP contribution in [-0.2, 0) is 0 Å². The van der Waals surface area contributed by atoms with E-state index in [1.165, 1.54) is 11.3 Å². The SMILES string of the molecule is CC(C)C(c1cccs1)C(F)(F)F. The molecule has 1 atom stereocenters. The molecule has 0 nitrogen and oxygen atoms in total. The smallest absolute Gasteiger partial charge is 0.170 e. The molecule has 0 aliphatic rings. The van der Waals surface area contributed by atoms with Gasteiger partial charge >= 0.3 is 6.18 Å². The van der Waals surface area contributed by atoms with Gasteiger partial charge in [-0.05, 0) is 17.4 Å². The van der Waals surface area contributed by atoms with E-state index in [1.54, 1.807) is 31.4 Å². The summed E-state index contributed by atoms with van der Waals surface area (Å²) in [5, 5.41) is 1.68. The second kappa shape index (κ2) is 3.70. The minimum Gasteiger partial charge on any atom is -0.170 e. The lowest BCUT2D eigenvalue weighted by atomic mass is 9.94. The molecule has 0 saturated heterocycles. The molecule has 0 amide bonds. The standard InChI is InChI=1S/C9H11F3S/c1-6(2)8(9(10,11)12)7-4-3-5-13-7/h3-6,8H,1-2H3. The molecule has 0 spiro atoms. The van der Waals surface area contributed by atoms with Gasteiger partial charge in [-0.25, -0.2) is 0 Å². The summed E-state index contributed by atoms with van der Waals surface area (Å²) in [6.07, 6.45) is -4.13. The second-order valence-corrected chi connectivity index (χ2v) is 4.26. The van der Waals surface area contributed by atoms with Crippen molar-refractivity contribution >= 4 is 11.3 Å². The van der Waals surface area contributed by atoms with Gasteiger partial charge in [0.05, 0.1) is 5.92 Å². The molecule has 1 aromatic rings. The molecule has 0 aliphatic carbocycles. The number of hydrogen-bond donors (Lipinski definition) is 0. The van der Waals surface area contributed by atoms with E-state index in [-0.39, 0.29) is 0 Å². The first-order valence-corrected chi connectivity index (χ1v) is 4.91. The molecule has 0 saturated carbocycles. The summed E-state index contributed by atoms with van der Waals surface area (Å²) in [7, 11) is 0. The van der Waals surface area contributed by atoms with Crippen molar-refractivity contribution in [3.8, 4) is 0 Å². The van der Waals surface area contributed by atoms with Crippen LogP contribution in [0.1, 0.15) is 24.6 Å². The molecule has 74 valence electrons. The van der Waals surface area contributed by atoms with Crippen molar-refractivity contribution in [2.24, 2.45) is 5.92 Å². The van der Waals surface area contributed by atoms with Gasteiger partial charge in [-0.15, -0.1) is 11.3 Å². The average molecular weight is 208 g/mol. The summed E-state index contributed by atoms with van der Waals surface area (Å²) in [5.74, 6) is -1.72. The summed E-state index contributed by atoms with van der Waals surface area (Å²) in [6, 6.07) is 3.20. The monoisotopic (exact) mass is 208 g/mol. The van der Waals surface area contributed by atoms with Gasteiger partial charge in [-0.3, -0.25) is 0 Å². The zero-order chi connectivity index (χ0) is 10.1. The summed E-state index contributed by atoms with van der Waals surface area (Å²) in [5.41, 5.74) is 0. The van der Waals surface area contributed by atoms with Crippen LogP contribution in [0.25, 0.3) is 0 Å². The first kappa shape index (κ1) is 10.6. The van der Waals surface area contributed by atoms with Crippen LogP contribution in [0.5, 0.6) is 0 Å². The Bertz CT molecular complexity index is 248. The van der Waals surface area contributed by atoms with E-state index in [2.05, 4.69) is 0 Å². The molecule has 0 aromatic carbocycles. The topological polar surface area (TPSA) is 0 Å². The van der Waals surface area contributed by atoms with E-state index in [0.717, 1.165) is 0 Å². The minimum atomic E-state index is -4.13. The zero-order valence-electron chi connectivity index (χ0n) is 7.43. The molecule has 0 bridgehead atoms. The maximum atomic E-state index is 12.5. The first-order valence-electron chi connectivity index (χ1n) is 4.03. The van der Waals surface area contributed by atoms with Crippen molar-refractivity contribution in [1.29, 1.82) is 0 Å². The molecular weight excluding hydrogens is 197 g/mol. The van der Waals surface area contributed by atoms with Crippen LogP contribution in [-0.4, -0.2) is 6.18 Å². The Balaban J connectivity index is 2.94. The van der Waals surface area contributed by atoms with E-state index >= 15 is 0 Å². The van der Waals surface area contributed by atoms with E-state index < -0.39 is 18.0 Å². The van der Waals surface area contributed by atoms with Gasteiger partial charge < -0.3 is 0 Å². The van der Waals surface area contributed by atoms with Crippen molar-refractivity contribution in [1.82, 2.24) is 0 Å². The van der Waals surface area contributed by atoms with Crippen LogP contribution in [0, 0.1) is 5.92 Å². The molecular formula is C9H11F3S. The van der Waals surface area contributed by atoms with Crippen molar-refractivity contribution in [2.45, 2.75) is 25.9 Å². The molecule has 0 radical (unpaired) electrons. The van der Waals surface area contributed by atoms with Crippen molar-refractivity contribution < 1.29 is 13.2 Å². The van der Waals surface area contributed by atoms with Gasteiger partial charge in [0.25, 0.3) is 0 Å². The van der Waals surface area contributed by atoms with Gasteiger partial charge in [0.15, 0.2) is 0 Å². The maximum absolute atomic E-state index is 12.5. The Morgan fingerprint density at radius 1 is 1.31 bits per heavy atom. The lowest BCUT2D eigenvalue weighted by Crippen LogP contribution is -2.24. The van der Waals surface area contributed by atoms with Gasteiger partial charge in [0.2, 0.25) is 0 Å². The van der Waals surface area contributed by atoms with Gasteiger partial charge in [-0.2, -0.15) is 13.2 Å². The zero-order valence-corrected chi connectivity index (χ0v) is 8.25. The molecule has 13 heavy (non-hydrogen) atoms. The van der Waals surface area contributed by atoms with Crippen LogP contribution in [0.2, 0.25) is 0 Å². The number of thiophene rings is 1. The first-order chi connectivity index (χ1) is 5.93. The highest BCUT2D eigenvalue weighted by Crippen LogP contribution is 2.41. The molecule has 1 aromatic heterocycles. The van der Waals surface area contributed by atoms with Gasteiger partial charge in [0, 0.05) is 4.88 Å². The predicted octanol–water partition coefficient (Wildman–Crippen LogP) is 4.05. The van der Waals surface area contributed by atoms with Crippen molar-refractivity contribution in [3.05, 3.63) is 22.4 Å². The lowest BCUT2D eigenvalue weighted by Gasteiger charge is -2.22. The van der Waals surface area contributed by atoms with E-state index in [1.807, 2.05) is 0 Å². The van der Waals surface area contributed by atoms with Crippen LogP contribution in [0.3, 0.4) is 0 Å². The third-order valence-electron chi connectivity index (χ3n) is 1.87. The summed E-state index contributed by atoms with van der Waals surface area (Å²) in [4.78, 5) is 0.405. The Morgan fingerprint density at radius 3 is 2.23 bits per heavy atom. The minimum absolute atomic E-state index is 0.404. The van der Waals surface area contributed by atoms with Crippen LogP contribution < -0.4 is 0 Å². The highest BCUT2D eigenvalue weighted by molar-refractivity contribution is 7.10. The molecule has 0 N–H and O–H groups in total. The van der Waals surface area contributed by atoms with Crippen molar-refractivity contribution in [2.75, 3.05) is 0 Å². The predicted molar refractivity (Wildman–Crippen MR) is 48.0 cm³/mol. The van der Waals surface area contributed by atoms with Crippen molar-refractivity contribution in [3.63, 3.8) is 0 Å². The summed E-state index contributed by atoms with van der Waals surface area (Å²) in [6.45, 7) is 3.19. The number of rotatable bonds is 2. The maximum Gasteiger partial charge on any atom is 0.396 e. The van der Waals surface area contributed by atoms with Gasteiger partial charge in [0.1, 0.15) is 0 Å². The Kier molecular flexibility index (Phi) is 3.01. The highest BCUT2D eigenvalue weighted by Gasteiger charge is 2.43. The molecule has 1 unspecified atom stereocenters. The quantitative estimate of drug-likeness (QED) is 0.687. The molecule has 0 aliphatic heterocycles. The van der Waals surface area contributed by atoms with Gasteiger partial charge in [-0.1, -0.05) is 19.9 Å². The summed E-state index contributed by atoms with van der Waals surface area (Å²) < 4.78 is 37.6. The summed E-state index contributed by atoms with van der Waals surface area (Å²) >= 11 is 1.17. The van der Waals surface area contributed by atoms with E-state index in [9.17, 15) is 13.2 Å². The fraction of sp³-hybridized carbons (Fsp3) is 0.556. The number of hydrogen-bond acceptors (Lipinski definition) is 1. The normalized spacial score (nSPS) is 14.9. The third-order valence-corrected chi connectivity index (χ3v) is 2.82. The van der Waals surface area contributed by atoms with Crippen LogP contribution in [0.15, 0.2) is 17.5 Å². The molecule has 1 rings (SSSR count). The third kappa shape index (κ3) is 2.46. The highest BCUT2D eigenvalue weighted by atomic mass is 32.1. The largest absolute Gasteiger partial charge is 0.396 e. The lowest BCUT2D eigenvalue weighted by molar-refractivity contribution is -0.158. The Morgan fingerprint density at radius 2 is 1.92 bits per heavy atom. The number of halogens is 3. The Hall–Kier alpha value is -0.510. The van der Waals surface area contributed by atoms with E-state index in [4.69, 9.17) is 0 Å². The second-order valence-electron chi connectivity index (χ2n) is 3.28. The molecule has 4 heteroatoms. The number of alkyl halides is 3. The fourth-order valence-electron chi connectivity index (χ4n) is 1.34. The van der Waals surface area contributed by atoms with E-state index in [0.29, 0.717) is 4.88 Å². The molecule has 1 heterocycles. The van der Waals surface area contributed by atoms with Crippen LogP contribution in [0.4, 0.5) is 13.2 Å². The Labute approximate surface area is 79.4 Å². The fourth-order valence-corrected chi connectivity index (χ4v) is 2.36.